The van der Waals surface area contributed by atoms with Crippen LogP contribution in [0, 0.1) is 0 Å². The summed E-state index contributed by atoms with van der Waals surface area (Å²) in [5.41, 5.74) is 1.56. The summed E-state index contributed by atoms with van der Waals surface area (Å²) in [6.45, 7) is 0. The van der Waals surface area contributed by atoms with Gasteiger partial charge in [0, 0.05) is 5.69 Å². The lowest BCUT2D eigenvalue weighted by Crippen LogP contribution is -2.39. The Kier molecular flexibility index (Phi) is 2.28. The number of ketones is 2. The highest BCUT2D eigenvalue weighted by Crippen LogP contribution is 2.52. The zero-order valence-electron chi connectivity index (χ0n) is 11.2. The lowest BCUT2D eigenvalue weighted by atomic mass is 9.93. The molecular formula is C17H13NO3. The van der Waals surface area contributed by atoms with E-state index >= 15 is 0 Å². The third-order valence-electron chi connectivity index (χ3n) is 4.38. The standard InChI is InChI=1S/C17H13NO3/c19-10-12-15(20)14-7-6-13(11-4-2-1-3-5-11)18(14)17(8-9-17)16(12)21/h1-7,10,19H,8-9H2. The Balaban J connectivity index is 1.99. The summed E-state index contributed by atoms with van der Waals surface area (Å²) in [7, 11) is 0. The summed E-state index contributed by atoms with van der Waals surface area (Å²) in [6.07, 6.45) is 2.07. The number of allylic oxidation sites excluding steroid dienone is 1. The SMILES string of the molecule is O=C1C(=CO)C(=O)C2(CC2)n2c1ccc2-c1ccccc1. The van der Waals surface area contributed by atoms with Crippen LogP contribution in [0.25, 0.3) is 11.3 Å². The van der Waals surface area contributed by atoms with Crippen molar-refractivity contribution in [2.24, 2.45) is 0 Å². The molecule has 1 aromatic heterocycles. The third-order valence-corrected chi connectivity index (χ3v) is 4.38. The van der Waals surface area contributed by atoms with Crippen molar-refractivity contribution >= 4 is 11.6 Å². The van der Waals surface area contributed by atoms with E-state index < -0.39 is 11.3 Å². The second kappa shape index (κ2) is 3.95. The molecule has 1 saturated carbocycles. The molecule has 0 radical (unpaired) electrons. The summed E-state index contributed by atoms with van der Waals surface area (Å²) in [5, 5.41) is 9.23. The van der Waals surface area contributed by atoms with Gasteiger partial charge in [0.25, 0.3) is 0 Å². The fourth-order valence-corrected chi connectivity index (χ4v) is 3.19. The van der Waals surface area contributed by atoms with Crippen molar-refractivity contribution in [1.29, 1.82) is 0 Å². The zero-order chi connectivity index (χ0) is 14.6. The number of benzene rings is 1. The fraction of sp³-hybridized carbons (Fsp3) is 0.176. The highest BCUT2D eigenvalue weighted by Gasteiger charge is 2.58. The number of fused-ring (bicyclic) bond motifs is 2. The topological polar surface area (TPSA) is 59.3 Å². The molecule has 4 heteroatoms. The van der Waals surface area contributed by atoms with E-state index in [0.717, 1.165) is 11.3 Å². The van der Waals surface area contributed by atoms with Crippen LogP contribution in [0.5, 0.6) is 0 Å². The number of nitrogens with zero attached hydrogens (tertiary/aromatic N) is 1. The van der Waals surface area contributed by atoms with Gasteiger partial charge < -0.3 is 9.67 Å². The Bertz CT molecular complexity index is 795. The van der Waals surface area contributed by atoms with Gasteiger partial charge in [0.15, 0.2) is 5.78 Å². The first-order valence-corrected chi connectivity index (χ1v) is 6.90. The quantitative estimate of drug-likeness (QED) is 0.496. The molecule has 1 N–H and O–H groups in total. The number of carbonyl (C=O) groups is 2. The summed E-state index contributed by atoms with van der Waals surface area (Å²) in [4.78, 5) is 24.9. The van der Waals surface area contributed by atoms with Crippen LogP contribution in [-0.2, 0) is 10.3 Å². The molecule has 0 unspecified atom stereocenters. The largest absolute Gasteiger partial charge is 0.515 e. The predicted octanol–water partition coefficient (Wildman–Crippen LogP) is 2.85. The Labute approximate surface area is 121 Å². The average molecular weight is 279 g/mol. The van der Waals surface area contributed by atoms with Gasteiger partial charge in [-0.1, -0.05) is 30.3 Å². The van der Waals surface area contributed by atoms with Crippen LogP contribution >= 0.6 is 0 Å². The van der Waals surface area contributed by atoms with Gasteiger partial charge in [-0.15, -0.1) is 0 Å². The highest BCUT2D eigenvalue weighted by atomic mass is 16.2. The van der Waals surface area contributed by atoms with Crippen LogP contribution < -0.4 is 0 Å². The van der Waals surface area contributed by atoms with E-state index in [4.69, 9.17) is 0 Å². The van der Waals surface area contributed by atoms with Crippen LogP contribution in [0.3, 0.4) is 0 Å². The summed E-state index contributed by atoms with van der Waals surface area (Å²) in [6, 6.07) is 13.3. The zero-order valence-corrected chi connectivity index (χ0v) is 11.2. The Morgan fingerprint density at radius 2 is 1.67 bits per heavy atom. The second-order valence-electron chi connectivity index (χ2n) is 5.54. The van der Waals surface area contributed by atoms with Gasteiger partial charge >= 0.3 is 0 Å². The van der Waals surface area contributed by atoms with Crippen molar-refractivity contribution in [3.05, 3.63) is 60.0 Å². The monoisotopic (exact) mass is 279 g/mol. The molecule has 104 valence electrons. The highest BCUT2D eigenvalue weighted by molar-refractivity contribution is 6.30. The molecule has 4 nitrogen and oxygen atoms in total. The van der Waals surface area contributed by atoms with Crippen molar-refractivity contribution in [2.75, 3.05) is 0 Å². The predicted molar refractivity (Wildman–Crippen MR) is 77.1 cm³/mol. The molecule has 2 aromatic rings. The number of hydrogen-bond acceptors (Lipinski definition) is 3. The Hall–Kier alpha value is -2.62. The summed E-state index contributed by atoms with van der Waals surface area (Å²) < 4.78 is 1.86. The van der Waals surface area contributed by atoms with Gasteiger partial charge in [0.1, 0.15) is 11.1 Å². The van der Waals surface area contributed by atoms with Crippen LogP contribution in [-0.4, -0.2) is 21.2 Å². The van der Waals surface area contributed by atoms with Crippen molar-refractivity contribution in [3.63, 3.8) is 0 Å². The minimum atomic E-state index is -0.674. The molecular weight excluding hydrogens is 266 g/mol. The normalized spacial score (nSPS) is 20.9. The molecule has 1 fully saturated rings. The van der Waals surface area contributed by atoms with E-state index in [2.05, 4.69) is 0 Å². The fourth-order valence-electron chi connectivity index (χ4n) is 3.19. The van der Waals surface area contributed by atoms with E-state index in [-0.39, 0.29) is 11.4 Å². The van der Waals surface area contributed by atoms with E-state index in [9.17, 15) is 14.7 Å². The number of aromatic nitrogens is 1. The van der Waals surface area contributed by atoms with Crippen LogP contribution in [0.2, 0.25) is 0 Å². The van der Waals surface area contributed by atoms with E-state index in [0.29, 0.717) is 24.8 Å². The average Bonchev–Trinajstić information content (AvgIpc) is 3.18. The van der Waals surface area contributed by atoms with E-state index in [1.807, 2.05) is 41.0 Å². The first-order chi connectivity index (χ1) is 10.2. The molecule has 0 amide bonds. The lowest BCUT2D eigenvalue weighted by Gasteiger charge is -2.27. The van der Waals surface area contributed by atoms with Gasteiger partial charge in [0.2, 0.25) is 5.78 Å². The van der Waals surface area contributed by atoms with Crippen LogP contribution in [0.1, 0.15) is 23.3 Å². The number of hydrogen-bond donors (Lipinski definition) is 1. The lowest BCUT2D eigenvalue weighted by molar-refractivity contribution is -0.119. The van der Waals surface area contributed by atoms with Crippen molar-refractivity contribution in [3.8, 4) is 11.3 Å². The molecule has 2 heterocycles. The number of carbonyl (C=O) groups excluding carboxylic acids is 2. The maximum atomic E-state index is 12.5. The molecule has 0 saturated heterocycles. The first-order valence-electron chi connectivity index (χ1n) is 6.90. The molecule has 1 aromatic carbocycles. The van der Waals surface area contributed by atoms with Gasteiger partial charge in [0.05, 0.1) is 12.0 Å². The van der Waals surface area contributed by atoms with E-state index in [1.165, 1.54) is 0 Å². The van der Waals surface area contributed by atoms with Gasteiger partial charge in [-0.2, -0.15) is 0 Å². The van der Waals surface area contributed by atoms with Crippen LogP contribution in [0.4, 0.5) is 0 Å². The maximum Gasteiger partial charge on any atom is 0.216 e. The van der Waals surface area contributed by atoms with Crippen LogP contribution in [0.15, 0.2) is 54.3 Å². The molecule has 1 spiro atoms. The minimum absolute atomic E-state index is 0.0993. The number of aliphatic hydroxyl groups excluding tert-OH is 1. The Morgan fingerprint density at radius 1 is 1.00 bits per heavy atom. The number of rotatable bonds is 1. The molecule has 2 aliphatic rings. The van der Waals surface area contributed by atoms with Gasteiger partial charge in [-0.05, 0) is 30.5 Å². The summed E-state index contributed by atoms with van der Waals surface area (Å²) in [5.74, 6) is -0.668. The third kappa shape index (κ3) is 1.44. The molecule has 21 heavy (non-hydrogen) atoms. The smallest absolute Gasteiger partial charge is 0.216 e. The molecule has 0 atom stereocenters. The van der Waals surface area contributed by atoms with Gasteiger partial charge in [-0.3, -0.25) is 9.59 Å². The van der Waals surface area contributed by atoms with Crippen molar-refractivity contribution in [2.45, 2.75) is 18.4 Å². The number of aliphatic hydroxyl groups is 1. The minimum Gasteiger partial charge on any atom is -0.515 e. The molecule has 1 aliphatic heterocycles. The second-order valence-corrected chi connectivity index (χ2v) is 5.54. The van der Waals surface area contributed by atoms with Gasteiger partial charge in [-0.25, -0.2) is 0 Å². The Morgan fingerprint density at radius 3 is 2.29 bits per heavy atom. The molecule has 0 bridgehead atoms. The maximum absolute atomic E-state index is 12.5. The summed E-state index contributed by atoms with van der Waals surface area (Å²) >= 11 is 0. The molecule has 1 aliphatic carbocycles. The first kappa shape index (κ1) is 12.1. The van der Waals surface area contributed by atoms with Crippen molar-refractivity contribution in [1.82, 2.24) is 4.57 Å². The molecule has 4 rings (SSSR count). The number of Topliss-reactive ketones (excluding diaryl/α,β-unsaturated/α-hetero) is 2. The van der Waals surface area contributed by atoms with E-state index in [1.54, 1.807) is 6.07 Å². The van der Waals surface area contributed by atoms with Crippen molar-refractivity contribution < 1.29 is 14.7 Å².